The molecule has 1 heteroatoms. The van der Waals surface area contributed by atoms with Crippen LogP contribution in [-0.4, -0.2) is 0 Å². The zero-order chi connectivity index (χ0) is 35.5. The molecule has 6 aromatic rings. The second-order valence-electron chi connectivity index (χ2n) is 17.1. The van der Waals surface area contributed by atoms with Crippen LogP contribution in [-0.2, 0) is 5.41 Å². The molecule has 0 amide bonds. The van der Waals surface area contributed by atoms with Gasteiger partial charge in [-0.05, 0) is 130 Å². The van der Waals surface area contributed by atoms with Crippen molar-refractivity contribution in [2.75, 3.05) is 4.90 Å². The molecule has 3 fully saturated rings. The smallest absolute Gasteiger partial charge is 0.0543 e. The average molecular weight is 690 g/mol. The van der Waals surface area contributed by atoms with Crippen LogP contribution in [0.25, 0.3) is 33.4 Å². The van der Waals surface area contributed by atoms with Gasteiger partial charge in [0.15, 0.2) is 0 Å². The summed E-state index contributed by atoms with van der Waals surface area (Å²) < 4.78 is 0. The van der Waals surface area contributed by atoms with Gasteiger partial charge in [-0.3, -0.25) is 0 Å². The van der Waals surface area contributed by atoms with Gasteiger partial charge >= 0.3 is 0 Å². The first-order chi connectivity index (χ1) is 26.0. The van der Waals surface area contributed by atoms with Gasteiger partial charge in [0, 0.05) is 22.4 Å². The van der Waals surface area contributed by atoms with E-state index < -0.39 is 0 Å². The van der Waals surface area contributed by atoms with E-state index >= 15 is 0 Å². The summed E-state index contributed by atoms with van der Waals surface area (Å²) in [5.74, 6) is 3.13. The van der Waals surface area contributed by atoms with Gasteiger partial charge in [0.2, 0.25) is 0 Å². The maximum absolute atomic E-state index is 2.65. The molecule has 4 aliphatic rings. The maximum Gasteiger partial charge on any atom is 0.0543 e. The Morgan fingerprint density at radius 1 is 0.528 bits per heavy atom. The van der Waals surface area contributed by atoms with E-state index in [1.807, 2.05) is 0 Å². The van der Waals surface area contributed by atoms with Crippen molar-refractivity contribution in [1.29, 1.82) is 0 Å². The molecular formula is C52H51N. The van der Waals surface area contributed by atoms with Crippen LogP contribution in [0.1, 0.15) is 106 Å². The number of hydrogen-bond acceptors (Lipinski definition) is 1. The van der Waals surface area contributed by atoms with E-state index in [2.05, 4.69) is 158 Å². The monoisotopic (exact) mass is 689 g/mol. The molecular weight excluding hydrogens is 639 g/mol. The van der Waals surface area contributed by atoms with Gasteiger partial charge in [-0.15, -0.1) is 0 Å². The fourth-order valence-corrected chi connectivity index (χ4v) is 11.2. The highest BCUT2D eigenvalue weighted by Gasteiger charge is 2.41. The highest BCUT2D eigenvalue weighted by molar-refractivity contribution is 5.98. The minimum absolute atomic E-state index is 0.157. The summed E-state index contributed by atoms with van der Waals surface area (Å²) >= 11 is 0. The summed E-state index contributed by atoms with van der Waals surface area (Å²) in [7, 11) is 0. The minimum Gasteiger partial charge on any atom is -0.310 e. The van der Waals surface area contributed by atoms with Crippen molar-refractivity contribution in [2.45, 2.75) is 88.9 Å². The summed E-state index contributed by atoms with van der Waals surface area (Å²) in [4.78, 5) is 2.65. The molecule has 0 spiro atoms. The van der Waals surface area contributed by atoms with Crippen molar-refractivity contribution in [2.24, 2.45) is 11.8 Å². The van der Waals surface area contributed by atoms with Crippen LogP contribution in [0.5, 0.6) is 0 Å². The lowest BCUT2D eigenvalue weighted by molar-refractivity contribution is 0.420. The number of fused-ring (bicyclic) bond motifs is 5. The van der Waals surface area contributed by atoms with Gasteiger partial charge in [0.25, 0.3) is 0 Å². The Hall–Kier alpha value is -4.88. The third kappa shape index (κ3) is 5.58. The largest absolute Gasteiger partial charge is 0.310 e. The average Bonchev–Trinajstić information content (AvgIpc) is 3.92. The predicted octanol–water partition coefficient (Wildman–Crippen LogP) is 14.7. The second-order valence-corrected chi connectivity index (χ2v) is 17.1. The van der Waals surface area contributed by atoms with Gasteiger partial charge < -0.3 is 4.90 Å². The number of hydrogen-bond donors (Lipinski definition) is 0. The zero-order valence-electron chi connectivity index (χ0n) is 31.4. The predicted molar refractivity (Wildman–Crippen MR) is 224 cm³/mol. The van der Waals surface area contributed by atoms with Crippen molar-refractivity contribution >= 4 is 17.1 Å². The standard InChI is InChI=1S/C52H51N/c1-52(2)47-19-11-9-18-44(47)45-31-32-49(50(51(45)52)40-25-23-37(24-26-40)36-13-5-3-6-14-36)53(48-20-12-10-17-43(48)38-15-7-4-8-16-38)42-29-27-39(28-30-42)46-34-35-21-22-41(46)33-35/h3,5-6,9-14,17-20,23-32,35,38,41,46H,4,7-8,15-16,21-22,33-34H2,1-2H3. The number of para-hydroxylation sites is 1. The number of nitrogens with zero attached hydrogens (tertiary/aromatic N) is 1. The Labute approximate surface area is 316 Å². The highest BCUT2D eigenvalue weighted by Crippen LogP contribution is 2.57. The number of anilines is 3. The van der Waals surface area contributed by atoms with Crippen LogP contribution < -0.4 is 4.90 Å². The first kappa shape index (κ1) is 32.7. The third-order valence-electron chi connectivity index (χ3n) is 13.8. The summed E-state index contributed by atoms with van der Waals surface area (Å²) in [5, 5.41) is 0. The minimum atomic E-state index is -0.157. The fourth-order valence-electron chi connectivity index (χ4n) is 11.2. The van der Waals surface area contributed by atoms with E-state index in [1.165, 1.54) is 125 Å². The molecule has 2 bridgehead atoms. The highest BCUT2D eigenvalue weighted by atomic mass is 15.1. The normalized spacial score (nSPS) is 21.4. The molecule has 264 valence electrons. The summed E-state index contributed by atoms with van der Waals surface area (Å²) in [6, 6.07) is 53.4. The van der Waals surface area contributed by atoms with Gasteiger partial charge in [-0.1, -0.05) is 155 Å². The molecule has 10 rings (SSSR count). The molecule has 53 heavy (non-hydrogen) atoms. The molecule has 0 N–H and O–H groups in total. The molecule has 3 saturated carbocycles. The van der Waals surface area contributed by atoms with Gasteiger partial charge in [0.05, 0.1) is 5.69 Å². The topological polar surface area (TPSA) is 3.24 Å². The fraction of sp³-hybridized carbons (Fsp3) is 0.308. The maximum atomic E-state index is 2.65. The molecule has 3 atom stereocenters. The Kier molecular flexibility index (Phi) is 8.16. The van der Waals surface area contributed by atoms with Crippen LogP contribution >= 0.6 is 0 Å². The summed E-state index contributed by atoms with van der Waals surface area (Å²) in [6.45, 7) is 4.88. The Bertz CT molecular complexity index is 2250. The second kappa shape index (κ2) is 13.2. The number of benzene rings is 6. The van der Waals surface area contributed by atoms with Crippen LogP contribution in [0.15, 0.2) is 140 Å². The molecule has 0 heterocycles. The molecule has 1 nitrogen and oxygen atoms in total. The third-order valence-corrected chi connectivity index (χ3v) is 13.8. The molecule has 6 aromatic carbocycles. The van der Waals surface area contributed by atoms with Gasteiger partial charge in [-0.2, -0.15) is 0 Å². The Morgan fingerprint density at radius 3 is 1.98 bits per heavy atom. The van der Waals surface area contributed by atoms with Crippen LogP contribution in [0.3, 0.4) is 0 Å². The molecule has 3 unspecified atom stereocenters. The number of rotatable bonds is 7. The Morgan fingerprint density at radius 2 is 1.23 bits per heavy atom. The van der Waals surface area contributed by atoms with Crippen molar-refractivity contribution in [1.82, 2.24) is 0 Å². The van der Waals surface area contributed by atoms with Crippen LogP contribution in [0, 0.1) is 11.8 Å². The first-order valence-electron chi connectivity index (χ1n) is 20.5. The molecule has 0 saturated heterocycles. The van der Waals surface area contributed by atoms with E-state index in [4.69, 9.17) is 0 Å². The van der Waals surface area contributed by atoms with E-state index in [1.54, 1.807) is 5.56 Å². The van der Waals surface area contributed by atoms with Crippen LogP contribution in [0.2, 0.25) is 0 Å². The Balaban J connectivity index is 1.19. The lowest BCUT2D eigenvalue weighted by Gasteiger charge is -2.35. The van der Waals surface area contributed by atoms with E-state index in [9.17, 15) is 0 Å². The SMILES string of the molecule is CC1(C)c2ccccc2-c2ccc(N(c3ccc(C4CC5CCC4C5)cc3)c3ccccc3C3CCCCC3)c(-c3ccc(-c4ccccc4)cc3)c21. The van der Waals surface area contributed by atoms with Crippen LogP contribution in [0.4, 0.5) is 17.1 Å². The first-order valence-corrected chi connectivity index (χ1v) is 20.5. The zero-order valence-corrected chi connectivity index (χ0v) is 31.4. The van der Waals surface area contributed by atoms with E-state index in [0.717, 1.165) is 17.8 Å². The molecule has 4 aliphatic carbocycles. The van der Waals surface area contributed by atoms with Crippen molar-refractivity contribution in [3.8, 4) is 33.4 Å². The quantitative estimate of drug-likeness (QED) is 0.161. The summed E-state index contributed by atoms with van der Waals surface area (Å²) in [5.41, 5.74) is 17.5. The molecule has 0 aliphatic heterocycles. The van der Waals surface area contributed by atoms with E-state index in [0.29, 0.717) is 5.92 Å². The lowest BCUT2D eigenvalue weighted by Crippen LogP contribution is -2.20. The van der Waals surface area contributed by atoms with Crippen molar-refractivity contribution in [3.05, 3.63) is 162 Å². The summed E-state index contributed by atoms with van der Waals surface area (Å²) in [6.07, 6.45) is 12.2. The van der Waals surface area contributed by atoms with Gasteiger partial charge in [-0.25, -0.2) is 0 Å². The van der Waals surface area contributed by atoms with E-state index in [-0.39, 0.29) is 5.41 Å². The molecule has 0 radical (unpaired) electrons. The van der Waals surface area contributed by atoms with Crippen molar-refractivity contribution in [3.63, 3.8) is 0 Å². The van der Waals surface area contributed by atoms with Crippen molar-refractivity contribution < 1.29 is 0 Å². The van der Waals surface area contributed by atoms with Gasteiger partial charge in [0.1, 0.15) is 0 Å². The lowest BCUT2D eigenvalue weighted by atomic mass is 9.77. The molecule has 0 aromatic heterocycles.